The highest BCUT2D eigenvalue weighted by atomic mass is 15.5. The third-order valence-corrected chi connectivity index (χ3v) is 1.25. The topological polar surface area (TPSA) is 94.0 Å². The smallest absolute Gasteiger partial charge is 0.223 e. The lowest BCUT2D eigenvalue weighted by Gasteiger charge is -1.96. The van der Waals surface area contributed by atoms with Crippen molar-refractivity contribution in [2.24, 2.45) is 5.84 Å². The Morgan fingerprint density at radius 3 is 3.27 bits per heavy atom. The van der Waals surface area contributed by atoms with Gasteiger partial charge in [-0.2, -0.15) is 4.52 Å². The van der Waals surface area contributed by atoms with Gasteiger partial charge in [-0.1, -0.05) is 0 Å². The quantitative estimate of drug-likeness (QED) is 0.393. The fourth-order valence-corrected chi connectivity index (χ4v) is 0.780. The number of fused-ring (bicyclic) bond motifs is 1. The molecule has 0 aliphatic rings. The summed E-state index contributed by atoms with van der Waals surface area (Å²) in [6.45, 7) is 0. The van der Waals surface area contributed by atoms with E-state index >= 15 is 0 Å². The molecule has 2 rings (SSSR count). The van der Waals surface area contributed by atoms with Gasteiger partial charge in [-0.3, -0.25) is 0 Å². The van der Waals surface area contributed by atoms with Crippen LogP contribution >= 0.6 is 0 Å². The van der Waals surface area contributed by atoms with Gasteiger partial charge in [-0.15, -0.1) is 5.10 Å². The highest BCUT2D eigenvalue weighted by Crippen LogP contribution is 2.04. The van der Waals surface area contributed by atoms with Gasteiger partial charge in [0.1, 0.15) is 0 Å². The molecule has 56 valence electrons. The normalized spacial score (nSPS) is 10.3. The zero-order chi connectivity index (χ0) is 7.68. The summed E-state index contributed by atoms with van der Waals surface area (Å²) in [6, 6.07) is 0. The van der Waals surface area contributed by atoms with E-state index in [1.54, 1.807) is 12.4 Å². The number of rotatable bonds is 1. The largest absolute Gasteiger partial charge is 0.305 e. The number of nitrogen functional groups attached to an aromatic ring is 1. The van der Waals surface area contributed by atoms with E-state index in [0.717, 1.165) is 0 Å². The van der Waals surface area contributed by atoms with Gasteiger partial charge in [-0.05, 0) is 10.4 Å². The summed E-state index contributed by atoms with van der Waals surface area (Å²) in [5.41, 5.74) is 2.89. The van der Waals surface area contributed by atoms with Crippen LogP contribution in [0.2, 0.25) is 0 Å². The van der Waals surface area contributed by atoms with Gasteiger partial charge in [0.15, 0.2) is 5.82 Å². The molecular weight excluding hydrogens is 146 g/mol. The number of nitrogens with one attached hydrogen (secondary N) is 1. The maximum Gasteiger partial charge on any atom is 0.223 e. The van der Waals surface area contributed by atoms with Crippen molar-refractivity contribution in [3.63, 3.8) is 0 Å². The molecule has 11 heavy (non-hydrogen) atoms. The molecule has 2 aromatic rings. The van der Waals surface area contributed by atoms with Crippen LogP contribution in [0, 0.1) is 0 Å². The minimum atomic E-state index is 0.456. The van der Waals surface area contributed by atoms with Crippen molar-refractivity contribution in [2.75, 3.05) is 5.43 Å². The molecule has 0 spiro atoms. The number of tetrazole rings is 1. The Kier molecular flexibility index (Phi) is 1.16. The summed E-state index contributed by atoms with van der Waals surface area (Å²) in [5.74, 6) is 5.61. The number of anilines is 1. The molecule has 0 aliphatic heterocycles. The monoisotopic (exact) mass is 151 g/mol. The Morgan fingerprint density at radius 2 is 2.45 bits per heavy atom. The third kappa shape index (κ3) is 0.783. The van der Waals surface area contributed by atoms with Gasteiger partial charge in [0.2, 0.25) is 5.65 Å². The molecule has 2 heterocycles. The van der Waals surface area contributed by atoms with E-state index in [2.05, 4.69) is 25.9 Å². The van der Waals surface area contributed by atoms with Crippen LogP contribution in [0.3, 0.4) is 0 Å². The standard InChI is InChI=1S/C4H5N7/c5-7-3-4-8-9-10-11(4)2-1-6-3/h1-2H,5H2,(H,6,7). The van der Waals surface area contributed by atoms with Gasteiger partial charge < -0.3 is 5.43 Å². The summed E-state index contributed by atoms with van der Waals surface area (Å²) < 4.78 is 1.47. The Bertz CT molecular complexity index is 365. The second kappa shape index (κ2) is 2.13. The summed E-state index contributed by atoms with van der Waals surface area (Å²) >= 11 is 0. The van der Waals surface area contributed by atoms with E-state index in [-0.39, 0.29) is 0 Å². The van der Waals surface area contributed by atoms with E-state index in [0.29, 0.717) is 11.5 Å². The summed E-state index contributed by atoms with van der Waals surface area (Å²) in [5, 5.41) is 10.8. The van der Waals surface area contributed by atoms with Gasteiger partial charge in [0.25, 0.3) is 0 Å². The lowest BCUT2D eigenvalue weighted by Crippen LogP contribution is -2.10. The highest BCUT2D eigenvalue weighted by Gasteiger charge is 2.01. The van der Waals surface area contributed by atoms with Crippen molar-refractivity contribution in [1.29, 1.82) is 0 Å². The van der Waals surface area contributed by atoms with Crippen LogP contribution in [-0.4, -0.2) is 25.0 Å². The van der Waals surface area contributed by atoms with Crippen molar-refractivity contribution < 1.29 is 0 Å². The number of aromatic nitrogens is 5. The fraction of sp³-hybridized carbons (Fsp3) is 0. The van der Waals surface area contributed by atoms with Crippen LogP contribution in [0.1, 0.15) is 0 Å². The van der Waals surface area contributed by atoms with Gasteiger partial charge in [0, 0.05) is 6.20 Å². The summed E-state index contributed by atoms with van der Waals surface area (Å²) in [7, 11) is 0. The molecule has 0 unspecified atom stereocenters. The number of hydrazine groups is 1. The van der Waals surface area contributed by atoms with Crippen LogP contribution in [0.15, 0.2) is 12.4 Å². The Balaban J connectivity index is 2.79. The van der Waals surface area contributed by atoms with E-state index in [1.807, 2.05) is 0 Å². The van der Waals surface area contributed by atoms with Crippen molar-refractivity contribution in [3.05, 3.63) is 12.4 Å². The minimum absolute atomic E-state index is 0.456. The zero-order valence-electron chi connectivity index (χ0n) is 5.47. The molecular formula is C4H5N7. The van der Waals surface area contributed by atoms with Crippen LogP contribution in [0.4, 0.5) is 5.82 Å². The van der Waals surface area contributed by atoms with E-state index in [4.69, 9.17) is 5.84 Å². The maximum absolute atomic E-state index is 5.15. The molecule has 7 nitrogen and oxygen atoms in total. The lowest BCUT2D eigenvalue weighted by molar-refractivity contribution is 0.820. The summed E-state index contributed by atoms with van der Waals surface area (Å²) in [6.07, 6.45) is 3.19. The number of hydrogen-bond acceptors (Lipinski definition) is 6. The first-order chi connectivity index (χ1) is 5.42. The first-order valence-corrected chi connectivity index (χ1v) is 2.91. The lowest BCUT2D eigenvalue weighted by atomic mass is 10.6. The Morgan fingerprint density at radius 1 is 1.55 bits per heavy atom. The van der Waals surface area contributed by atoms with Crippen molar-refractivity contribution >= 4 is 11.5 Å². The van der Waals surface area contributed by atoms with E-state index in [1.165, 1.54) is 4.52 Å². The molecule has 0 amide bonds. The Hall–Kier alpha value is -1.76. The average Bonchev–Trinajstić information content (AvgIpc) is 2.50. The molecule has 0 atom stereocenters. The second-order valence-electron chi connectivity index (χ2n) is 1.87. The van der Waals surface area contributed by atoms with E-state index < -0.39 is 0 Å². The van der Waals surface area contributed by atoms with Crippen LogP contribution in [0.5, 0.6) is 0 Å². The van der Waals surface area contributed by atoms with E-state index in [9.17, 15) is 0 Å². The molecule has 3 N–H and O–H groups in total. The maximum atomic E-state index is 5.15. The molecule has 0 radical (unpaired) electrons. The average molecular weight is 151 g/mol. The molecule has 0 fully saturated rings. The zero-order valence-corrected chi connectivity index (χ0v) is 5.47. The predicted octanol–water partition coefficient (Wildman–Crippen LogP) is -1.20. The molecule has 0 aromatic carbocycles. The number of nitrogens with zero attached hydrogens (tertiary/aromatic N) is 5. The van der Waals surface area contributed by atoms with Crippen LogP contribution in [-0.2, 0) is 0 Å². The van der Waals surface area contributed by atoms with Crippen LogP contribution in [0.25, 0.3) is 5.65 Å². The van der Waals surface area contributed by atoms with Gasteiger partial charge >= 0.3 is 0 Å². The first-order valence-electron chi connectivity index (χ1n) is 2.91. The molecule has 2 aromatic heterocycles. The summed E-state index contributed by atoms with van der Waals surface area (Å²) in [4.78, 5) is 3.90. The first kappa shape index (κ1) is 5.98. The third-order valence-electron chi connectivity index (χ3n) is 1.25. The second-order valence-corrected chi connectivity index (χ2v) is 1.87. The van der Waals surface area contributed by atoms with Gasteiger partial charge in [0.05, 0.1) is 6.20 Å². The van der Waals surface area contributed by atoms with Crippen molar-refractivity contribution in [1.82, 2.24) is 25.0 Å². The molecule has 7 heteroatoms. The molecule has 0 bridgehead atoms. The van der Waals surface area contributed by atoms with Crippen LogP contribution < -0.4 is 11.3 Å². The van der Waals surface area contributed by atoms with Gasteiger partial charge in [-0.25, -0.2) is 10.8 Å². The Labute approximate surface area is 61.2 Å². The number of hydrogen-bond donors (Lipinski definition) is 2. The predicted molar refractivity (Wildman–Crippen MR) is 36.4 cm³/mol. The minimum Gasteiger partial charge on any atom is -0.305 e. The fourth-order valence-electron chi connectivity index (χ4n) is 0.780. The highest BCUT2D eigenvalue weighted by molar-refractivity contribution is 5.59. The molecule has 0 aliphatic carbocycles. The molecule has 0 saturated heterocycles. The van der Waals surface area contributed by atoms with Crippen molar-refractivity contribution in [3.8, 4) is 0 Å². The SMILES string of the molecule is NNc1nccn2nnnc12. The van der Waals surface area contributed by atoms with Crippen molar-refractivity contribution in [2.45, 2.75) is 0 Å². The number of nitrogens with two attached hydrogens (primary N) is 1. The molecule has 0 saturated carbocycles.